The molecule has 1 fully saturated rings. The molecule has 1 heterocycles. The molecule has 0 aliphatic carbocycles. The van der Waals surface area contributed by atoms with Crippen molar-refractivity contribution in [3.8, 4) is 0 Å². The van der Waals surface area contributed by atoms with Crippen LogP contribution in [0.4, 0.5) is 4.79 Å². The topological polar surface area (TPSA) is 130 Å². The van der Waals surface area contributed by atoms with Crippen LogP contribution in [0.5, 0.6) is 0 Å². The number of amides is 2. The monoisotopic (exact) mass is 279 g/mol. The molecular weight excluding hydrogens is 262 g/mol. The fourth-order valence-corrected chi connectivity index (χ4v) is 2.34. The van der Waals surface area contributed by atoms with Gasteiger partial charge in [0.05, 0.1) is 5.75 Å². The van der Waals surface area contributed by atoms with Crippen LogP contribution in [0.1, 0.15) is 13.3 Å². The molecule has 0 aromatic rings. The summed E-state index contributed by atoms with van der Waals surface area (Å²) in [7, 11) is -3.63. The lowest BCUT2D eigenvalue weighted by Crippen LogP contribution is -2.48. The molecule has 2 atom stereocenters. The number of primary sulfonamides is 1. The van der Waals surface area contributed by atoms with Crippen molar-refractivity contribution in [1.82, 2.24) is 10.2 Å². The summed E-state index contributed by atoms with van der Waals surface area (Å²) in [5.41, 5.74) is 0. The normalized spacial score (nSPS) is 24.0. The first-order chi connectivity index (χ1) is 8.22. The summed E-state index contributed by atoms with van der Waals surface area (Å²) in [5.74, 6) is -1.55. The average molecular weight is 279 g/mol. The van der Waals surface area contributed by atoms with Crippen LogP contribution in [0.15, 0.2) is 0 Å². The van der Waals surface area contributed by atoms with Crippen LogP contribution in [-0.4, -0.2) is 55.3 Å². The molecule has 1 saturated heterocycles. The van der Waals surface area contributed by atoms with Gasteiger partial charge in [-0.05, 0) is 12.3 Å². The molecule has 9 heteroatoms. The number of carboxylic acid groups (broad SMARTS) is 1. The number of hydrogen-bond acceptors (Lipinski definition) is 4. The Morgan fingerprint density at radius 1 is 1.50 bits per heavy atom. The van der Waals surface area contributed by atoms with Crippen molar-refractivity contribution in [2.75, 3.05) is 18.8 Å². The number of carbonyl (C=O) groups is 2. The molecule has 104 valence electrons. The zero-order valence-electron chi connectivity index (χ0n) is 10.00. The van der Waals surface area contributed by atoms with Gasteiger partial charge in [-0.15, -0.1) is 0 Å². The molecule has 2 unspecified atom stereocenters. The molecular formula is C9H17N3O5S. The highest BCUT2D eigenvalue weighted by atomic mass is 32.2. The number of nitrogens with zero attached hydrogens (tertiary/aromatic N) is 1. The Balaban J connectivity index is 2.54. The van der Waals surface area contributed by atoms with Gasteiger partial charge >= 0.3 is 12.0 Å². The summed E-state index contributed by atoms with van der Waals surface area (Å²) in [6.45, 7) is 1.98. The second-order valence-electron chi connectivity index (χ2n) is 4.34. The van der Waals surface area contributed by atoms with Crippen LogP contribution in [-0.2, 0) is 14.8 Å². The number of aliphatic carboxylic acids is 1. The summed E-state index contributed by atoms with van der Waals surface area (Å²) in [5, 5.41) is 16.2. The van der Waals surface area contributed by atoms with Gasteiger partial charge < -0.3 is 15.3 Å². The molecule has 0 aromatic carbocycles. The first kappa shape index (κ1) is 14.7. The molecule has 1 aliphatic heterocycles. The molecule has 1 aliphatic rings. The minimum atomic E-state index is -3.63. The molecule has 0 aromatic heterocycles. The van der Waals surface area contributed by atoms with E-state index in [1.165, 1.54) is 4.90 Å². The van der Waals surface area contributed by atoms with E-state index >= 15 is 0 Å². The van der Waals surface area contributed by atoms with Crippen LogP contribution in [0, 0.1) is 5.92 Å². The number of hydrogen-bond donors (Lipinski definition) is 3. The van der Waals surface area contributed by atoms with E-state index in [-0.39, 0.29) is 18.2 Å². The van der Waals surface area contributed by atoms with Crippen LogP contribution in [0.25, 0.3) is 0 Å². The SMILES string of the molecule is CC1CCN(C(=O)NCCS(N)(=O)=O)C1C(=O)O. The summed E-state index contributed by atoms with van der Waals surface area (Å²) in [6, 6.07) is -1.44. The number of carbonyl (C=O) groups excluding carboxylic acids is 1. The van der Waals surface area contributed by atoms with E-state index in [9.17, 15) is 18.0 Å². The summed E-state index contributed by atoms with van der Waals surface area (Å²) in [6.07, 6.45) is 0.611. The lowest BCUT2D eigenvalue weighted by molar-refractivity contribution is -0.142. The predicted molar refractivity (Wildman–Crippen MR) is 63.3 cm³/mol. The fourth-order valence-electron chi connectivity index (χ4n) is 1.95. The quantitative estimate of drug-likeness (QED) is 0.594. The maximum Gasteiger partial charge on any atom is 0.326 e. The Morgan fingerprint density at radius 2 is 2.11 bits per heavy atom. The van der Waals surface area contributed by atoms with E-state index in [1.807, 2.05) is 0 Å². The molecule has 18 heavy (non-hydrogen) atoms. The first-order valence-corrected chi connectivity index (χ1v) is 7.21. The predicted octanol–water partition coefficient (Wildman–Crippen LogP) is -1.22. The highest BCUT2D eigenvalue weighted by molar-refractivity contribution is 7.89. The lowest BCUT2D eigenvalue weighted by Gasteiger charge is -2.23. The highest BCUT2D eigenvalue weighted by Gasteiger charge is 2.39. The molecule has 0 spiro atoms. The van der Waals surface area contributed by atoms with Gasteiger partial charge in [0.1, 0.15) is 6.04 Å². The largest absolute Gasteiger partial charge is 0.480 e. The Kier molecular flexibility index (Phi) is 4.52. The van der Waals surface area contributed by atoms with Crippen LogP contribution in [0.2, 0.25) is 0 Å². The van der Waals surface area contributed by atoms with Crippen molar-refractivity contribution in [2.45, 2.75) is 19.4 Å². The number of carboxylic acids is 1. The molecule has 2 amide bonds. The standard InChI is InChI=1S/C9H17N3O5S/c1-6-2-4-12(7(6)8(13)14)9(15)11-3-5-18(10,16)17/h6-7H,2-5H2,1H3,(H,11,15)(H,13,14)(H2,10,16,17). The van der Waals surface area contributed by atoms with E-state index in [4.69, 9.17) is 10.2 Å². The van der Waals surface area contributed by atoms with E-state index in [1.54, 1.807) is 6.92 Å². The number of nitrogens with one attached hydrogen (secondary N) is 1. The number of likely N-dealkylation sites (tertiary alicyclic amines) is 1. The second kappa shape index (κ2) is 5.53. The number of urea groups is 1. The first-order valence-electron chi connectivity index (χ1n) is 5.50. The van der Waals surface area contributed by atoms with Crippen LogP contribution >= 0.6 is 0 Å². The fraction of sp³-hybridized carbons (Fsp3) is 0.778. The number of nitrogens with two attached hydrogens (primary N) is 1. The Morgan fingerprint density at radius 3 is 2.61 bits per heavy atom. The Bertz CT molecular complexity index is 435. The van der Waals surface area contributed by atoms with Gasteiger partial charge in [-0.1, -0.05) is 6.92 Å². The van der Waals surface area contributed by atoms with E-state index in [2.05, 4.69) is 5.32 Å². The summed E-state index contributed by atoms with van der Waals surface area (Å²) < 4.78 is 21.4. The Labute approximate surface area is 105 Å². The van der Waals surface area contributed by atoms with Crippen LogP contribution in [0.3, 0.4) is 0 Å². The molecule has 8 nitrogen and oxygen atoms in total. The van der Waals surface area contributed by atoms with Gasteiger partial charge in [0, 0.05) is 13.1 Å². The van der Waals surface area contributed by atoms with Gasteiger partial charge in [0.2, 0.25) is 10.0 Å². The van der Waals surface area contributed by atoms with Crippen molar-refractivity contribution < 1.29 is 23.1 Å². The van der Waals surface area contributed by atoms with Crippen molar-refractivity contribution in [1.29, 1.82) is 0 Å². The lowest BCUT2D eigenvalue weighted by atomic mass is 10.0. The maximum absolute atomic E-state index is 11.7. The zero-order chi connectivity index (χ0) is 13.9. The van der Waals surface area contributed by atoms with E-state index in [0.717, 1.165) is 0 Å². The third-order valence-electron chi connectivity index (χ3n) is 2.88. The van der Waals surface area contributed by atoms with Gasteiger partial charge in [0.25, 0.3) is 0 Å². The zero-order valence-corrected chi connectivity index (χ0v) is 10.8. The van der Waals surface area contributed by atoms with Gasteiger partial charge in [-0.2, -0.15) is 0 Å². The van der Waals surface area contributed by atoms with E-state index < -0.39 is 28.1 Å². The summed E-state index contributed by atoms with van der Waals surface area (Å²) in [4.78, 5) is 23.9. The van der Waals surface area contributed by atoms with Gasteiger partial charge in [-0.3, -0.25) is 0 Å². The molecule has 0 bridgehead atoms. The van der Waals surface area contributed by atoms with E-state index in [0.29, 0.717) is 13.0 Å². The number of rotatable bonds is 4. The second-order valence-corrected chi connectivity index (χ2v) is 6.08. The summed E-state index contributed by atoms with van der Waals surface area (Å²) >= 11 is 0. The Hall–Kier alpha value is -1.35. The molecule has 4 N–H and O–H groups in total. The molecule has 0 radical (unpaired) electrons. The van der Waals surface area contributed by atoms with Gasteiger partial charge in [0.15, 0.2) is 0 Å². The van der Waals surface area contributed by atoms with Crippen molar-refractivity contribution in [3.05, 3.63) is 0 Å². The number of sulfonamides is 1. The third kappa shape index (κ3) is 3.84. The van der Waals surface area contributed by atoms with Crippen LogP contribution < -0.4 is 10.5 Å². The maximum atomic E-state index is 11.7. The average Bonchev–Trinajstić information content (AvgIpc) is 2.58. The molecule has 0 saturated carbocycles. The highest BCUT2D eigenvalue weighted by Crippen LogP contribution is 2.23. The van der Waals surface area contributed by atoms with Crippen molar-refractivity contribution in [2.24, 2.45) is 11.1 Å². The van der Waals surface area contributed by atoms with Crippen molar-refractivity contribution in [3.63, 3.8) is 0 Å². The minimum absolute atomic E-state index is 0.119. The smallest absolute Gasteiger partial charge is 0.326 e. The van der Waals surface area contributed by atoms with Gasteiger partial charge in [-0.25, -0.2) is 23.1 Å². The molecule has 1 rings (SSSR count). The van der Waals surface area contributed by atoms with Crippen molar-refractivity contribution >= 4 is 22.0 Å². The minimum Gasteiger partial charge on any atom is -0.480 e. The third-order valence-corrected chi connectivity index (χ3v) is 3.65.